The molecule has 4 heteroatoms. The molecule has 1 saturated carbocycles. The van der Waals surface area contributed by atoms with Crippen LogP contribution >= 0.6 is 0 Å². The van der Waals surface area contributed by atoms with Crippen LogP contribution in [0.15, 0.2) is 18.2 Å². The maximum Gasteiger partial charge on any atom is 0.165 e. The van der Waals surface area contributed by atoms with E-state index in [1.54, 1.807) is 6.07 Å². The highest BCUT2D eigenvalue weighted by Gasteiger charge is 2.40. The molecule has 1 saturated heterocycles. The van der Waals surface area contributed by atoms with Gasteiger partial charge in [-0.15, -0.1) is 0 Å². The van der Waals surface area contributed by atoms with Crippen molar-refractivity contribution in [2.24, 2.45) is 0 Å². The van der Waals surface area contributed by atoms with Crippen LogP contribution in [0.1, 0.15) is 48.9 Å². The molecular formula is C16H19FO3. The lowest BCUT2D eigenvalue weighted by molar-refractivity contribution is -0.108. The van der Waals surface area contributed by atoms with E-state index in [9.17, 15) is 9.18 Å². The topological polar surface area (TPSA) is 35.5 Å². The van der Waals surface area contributed by atoms with E-state index in [-0.39, 0.29) is 17.5 Å². The number of carbonyl (C=O) groups is 1. The molecule has 20 heavy (non-hydrogen) atoms. The molecule has 0 N–H and O–H groups in total. The molecule has 0 bridgehead atoms. The smallest absolute Gasteiger partial charge is 0.165 e. The summed E-state index contributed by atoms with van der Waals surface area (Å²) in [5.41, 5.74) is 0.288. The van der Waals surface area contributed by atoms with Crippen LogP contribution in [-0.4, -0.2) is 24.6 Å². The third-order valence-electron chi connectivity index (χ3n) is 4.35. The third kappa shape index (κ3) is 2.70. The highest BCUT2D eigenvalue weighted by atomic mass is 19.1. The Labute approximate surface area is 118 Å². The standard InChI is InChI=1S/C16H19FO3/c17-14-9-12(11-18)3-4-15(14)20-13-5-8-19-16(10-13)6-1-2-7-16/h3-4,9,11,13H,1-2,5-8,10H2. The fourth-order valence-electron chi connectivity index (χ4n) is 3.32. The van der Waals surface area contributed by atoms with Gasteiger partial charge in [-0.05, 0) is 31.0 Å². The van der Waals surface area contributed by atoms with Gasteiger partial charge in [-0.2, -0.15) is 0 Å². The molecule has 1 heterocycles. The van der Waals surface area contributed by atoms with Crippen LogP contribution in [0.5, 0.6) is 5.75 Å². The number of rotatable bonds is 3. The van der Waals surface area contributed by atoms with Crippen molar-refractivity contribution in [1.82, 2.24) is 0 Å². The largest absolute Gasteiger partial charge is 0.487 e. The zero-order valence-corrected chi connectivity index (χ0v) is 11.4. The van der Waals surface area contributed by atoms with E-state index in [4.69, 9.17) is 9.47 Å². The van der Waals surface area contributed by atoms with Gasteiger partial charge in [-0.3, -0.25) is 4.79 Å². The molecular weight excluding hydrogens is 259 g/mol. The number of hydrogen-bond acceptors (Lipinski definition) is 3. The molecule has 1 spiro atoms. The van der Waals surface area contributed by atoms with E-state index >= 15 is 0 Å². The Kier molecular flexibility index (Phi) is 3.74. The molecule has 108 valence electrons. The van der Waals surface area contributed by atoms with Gasteiger partial charge in [0.2, 0.25) is 0 Å². The fourth-order valence-corrected chi connectivity index (χ4v) is 3.32. The second-order valence-corrected chi connectivity index (χ2v) is 5.78. The van der Waals surface area contributed by atoms with Crippen molar-refractivity contribution >= 4 is 6.29 Å². The first kappa shape index (κ1) is 13.6. The number of hydrogen-bond donors (Lipinski definition) is 0. The van der Waals surface area contributed by atoms with Gasteiger partial charge in [0.1, 0.15) is 12.4 Å². The van der Waals surface area contributed by atoms with Gasteiger partial charge < -0.3 is 9.47 Å². The van der Waals surface area contributed by atoms with Crippen molar-refractivity contribution in [2.75, 3.05) is 6.61 Å². The molecule has 1 aliphatic heterocycles. The first-order chi connectivity index (χ1) is 9.71. The fraction of sp³-hybridized carbons (Fsp3) is 0.562. The molecule has 1 aliphatic carbocycles. The van der Waals surface area contributed by atoms with E-state index in [0.29, 0.717) is 18.5 Å². The van der Waals surface area contributed by atoms with E-state index in [0.717, 1.165) is 25.7 Å². The minimum absolute atomic E-state index is 0.00145. The van der Waals surface area contributed by atoms with Gasteiger partial charge in [-0.1, -0.05) is 12.8 Å². The molecule has 1 aromatic rings. The van der Waals surface area contributed by atoms with Crippen LogP contribution in [0, 0.1) is 5.82 Å². The van der Waals surface area contributed by atoms with Crippen LogP contribution in [0.3, 0.4) is 0 Å². The first-order valence-corrected chi connectivity index (χ1v) is 7.26. The maximum atomic E-state index is 13.8. The van der Waals surface area contributed by atoms with Crippen LogP contribution in [0.25, 0.3) is 0 Å². The van der Waals surface area contributed by atoms with E-state index in [2.05, 4.69) is 0 Å². The van der Waals surface area contributed by atoms with Crippen LogP contribution < -0.4 is 4.74 Å². The first-order valence-electron chi connectivity index (χ1n) is 7.26. The average Bonchev–Trinajstić information content (AvgIpc) is 2.89. The number of aldehydes is 1. The summed E-state index contributed by atoms with van der Waals surface area (Å²) in [5.74, 6) is -0.239. The highest BCUT2D eigenvalue weighted by Crippen LogP contribution is 2.41. The van der Waals surface area contributed by atoms with Crippen molar-refractivity contribution in [2.45, 2.75) is 50.2 Å². The predicted molar refractivity (Wildman–Crippen MR) is 72.6 cm³/mol. The minimum Gasteiger partial charge on any atom is -0.487 e. The molecule has 1 atom stereocenters. The normalized spacial score (nSPS) is 24.8. The molecule has 1 unspecified atom stereocenters. The minimum atomic E-state index is -0.471. The summed E-state index contributed by atoms with van der Waals surface area (Å²) in [4.78, 5) is 10.6. The summed E-state index contributed by atoms with van der Waals surface area (Å²) >= 11 is 0. The highest BCUT2D eigenvalue weighted by molar-refractivity contribution is 5.74. The summed E-state index contributed by atoms with van der Waals surface area (Å²) in [5, 5.41) is 0. The van der Waals surface area contributed by atoms with E-state index < -0.39 is 5.82 Å². The van der Waals surface area contributed by atoms with E-state index in [1.807, 2.05) is 0 Å². The average molecular weight is 278 g/mol. The predicted octanol–water partition coefficient (Wildman–Crippen LogP) is 3.51. The van der Waals surface area contributed by atoms with Crippen molar-refractivity contribution in [1.29, 1.82) is 0 Å². The summed E-state index contributed by atoms with van der Waals surface area (Å²) in [6, 6.07) is 4.33. The van der Waals surface area contributed by atoms with Gasteiger partial charge in [0.05, 0.1) is 12.2 Å². The lowest BCUT2D eigenvalue weighted by atomic mass is 9.90. The molecule has 3 rings (SSSR count). The SMILES string of the molecule is O=Cc1ccc(OC2CCOC3(CCCC3)C2)c(F)c1. The van der Waals surface area contributed by atoms with Crippen molar-refractivity contribution in [3.63, 3.8) is 0 Å². The van der Waals surface area contributed by atoms with Crippen molar-refractivity contribution < 1.29 is 18.7 Å². The van der Waals surface area contributed by atoms with Crippen LogP contribution in [-0.2, 0) is 4.74 Å². The quantitative estimate of drug-likeness (QED) is 0.794. The molecule has 2 aliphatic rings. The molecule has 0 aromatic heterocycles. The molecule has 2 fully saturated rings. The number of ether oxygens (including phenoxy) is 2. The van der Waals surface area contributed by atoms with Crippen molar-refractivity contribution in [3.05, 3.63) is 29.6 Å². The zero-order valence-electron chi connectivity index (χ0n) is 11.4. The Morgan fingerprint density at radius 1 is 1.35 bits per heavy atom. The number of benzene rings is 1. The van der Waals surface area contributed by atoms with Crippen molar-refractivity contribution in [3.8, 4) is 5.75 Å². The summed E-state index contributed by atoms with van der Waals surface area (Å²) in [6.07, 6.45) is 6.83. The Hall–Kier alpha value is -1.42. The summed E-state index contributed by atoms with van der Waals surface area (Å²) < 4.78 is 25.6. The molecule has 0 amide bonds. The molecule has 0 radical (unpaired) electrons. The Bertz CT molecular complexity index is 494. The monoisotopic (exact) mass is 278 g/mol. The Morgan fingerprint density at radius 2 is 2.15 bits per heavy atom. The summed E-state index contributed by atoms with van der Waals surface area (Å²) in [6.45, 7) is 0.679. The maximum absolute atomic E-state index is 13.8. The van der Waals surface area contributed by atoms with Gasteiger partial charge >= 0.3 is 0 Å². The second kappa shape index (κ2) is 5.52. The molecule has 1 aromatic carbocycles. The zero-order chi connectivity index (χ0) is 14.0. The lowest BCUT2D eigenvalue weighted by Gasteiger charge is -2.38. The van der Waals surface area contributed by atoms with E-state index in [1.165, 1.54) is 25.0 Å². The van der Waals surface area contributed by atoms with Gasteiger partial charge in [0, 0.05) is 18.4 Å². The second-order valence-electron chi connectivity index (χ2n) is 5.78. The summed E-state index contributed by atoms with van der Waals surface area (Å²) in [7, 11) is 0. The molecule has 3 nitrogen and oxygen atoms in total. The number of halogens is 1. The van der Waals surface area contributed by atoms with Gasteiger partial charge in [0.25, 0.3) is 0 Å². The van der Waals surface area contributed by atoms with Gasteiger partial charge in [0.15, 0.2) is 11.6 Å². The third-order valence-corrected chi connectivity index (χ3v) is 4.35. The van der Waals surface area contributed by atoms with Gasteiger partial charge in [-0.25, -0.2) is 4.39 Å². The lowest BCUT2D eigenvalue weighted by Crippen LogP contribution is -2.41. The Balaban J connectivity index is 1.69. The number of carbonyl (C=O) groups excluding carboxylic acids is 1. The Morgan fingerprint density at radius 3 is 2.85 bits per heavy atom. The van der Waals surface area contributed by atoms with Crippen LogP contribution in [0.2, 0.25) is 0 Å². The van der Waals surface area contributed by atoms with Crippen LogP contribution in [0.4, 0.5) is 4.39 Å².